The third kappa shape index (κ3) is 3.56. The molecule has 3 rings (SSSR count). The Morgan fingerprint density at radius 3 is 2.42 bits per heavy atom. The van der Waals surface area contributed by atoms with Crippen molar-refractivity contribution in [3.63, 3.8) is 0 Å². The molecule has 2 amide bonds. The predicted octanol–water partition coefficient (Wildman–Crippen LogP) is 2.27. The number of nitrogens with zero attached hydrogens (tertiary/aromatic N) is 2. The third-order valence-corrected chi connectivity index (χ3v) is 3.86. The topological polar surface area (TPSA) is 96.3 Å². The summed E-state index contributed by atoms with van der Waals surface area (Å²) in [6, 6.07) is 14.5. The summed E-state index contributed by atoms with van der Waals surface area (Å²) in [6.45, 7) is 3.69. The zero-order chi connectivity index (χ0) is 18.7. The number of hydrogen-bond donors (Lipinski definition) is 3. The Balaban J connectivity index is 1.72. The average Bonchev–Trinajstić information content (AvgIpc) is 3.04. The van der Waals surface area contributed by atoms with Gasteiger partial charge in [0.2, 0.25) is 0 Å². The van der Waals surface area contributed by atoms with E-state index in [-0.39, 0.29) is 11.4 Å². The molecule has 26 heavy (non-hydrogen) atoms. The molecule has 0 spiro atoms. The van der Waals surface area contributed by atoms with Crippen LogP contribution in [0.15, 0.2) is 54.7 Å². The average molecular weight is 350 g/mol. The van der Waals surface area contributed by atoms with E-state index in [0.29, 0.717) is 11.3 Å². The first-order valence-corrected chi connectivity index (χ1v) is 7.97. The molecule has 2 aromatic carbocycles. The summed E-state index contributed by atoms with van der Waals surface area (Å²) < 4.78 is 1.39. The minimum atomic E-state index is -0.712. The summed E-state index contributed by atoms with van der Waals surface area (Å²) in [7, 11) is 0. The number of para-hydroxylation sites is 1. The van der Waals surface area contributed by atoms with Crippen LogP contribution in [0.3, 0.4) is 0 Å². The summed E-state index contributed by atoms with van der Waals surface area (Å²) in [5, 5.41) is 14.0. The Morgan fingerprint density at radius 2 is 1.69 bits per heavy atom. The van der Waals surface area contributed by atoms with Crippen molar-refractivity contribution >= 4 is 11.8 Å². The van der Waals surface area contributed by atoms with Gasteiger partial charge in [-0.2, -0.15) is 5.10 Å². The minimum absolute atomic E-state index is 0.185. The first kappa shape index (κ1) is 17.2. The normalized spacial score (nSPS) is 10.4. The molecular weight excluding hydrogens is 332 g/mol. The number of nitrogens with one attached hydrogen (secondary N) is 2. The van der Waals surface area contributed by atoms with Crippen molar-refractivity contribution in [1.82, 2.24) is 20.6 Å². The van der Waals surface area contributed by atoms with Crippen molar-refractivity contribution in [1.29, 1.82) is 0 Å². The molecule has 0 atom stereocenters. The molecule has 7 nitrogen and oxygen atoms in total. The molecule has 0 radical (unpaired) electrons. The Kier molecular flexibility index (Phi) is 4.70. The minimum Gasteiger partial charge on any atom is -0.504 e. The van der Waals surface area contributed by atoms with Crippen LogP contribution >= 0.6 is 0 Å². The highest BCUT2D eigenvalue weighted by Gasteiger charge is 2.18. The maximum Gasteiger partial charge on any atom is 0.294 e. The van der Waals surface area contributed by atoms with Gasteiger partial charge in [0, 0.05) is 5.56 Å². The van der Waals surface area contributed by atoms with Crippen LogP contribution in [0.4, 0.5) is 0 Å². The summed E-state index contributed by atoms with van der Waals surface area (Å²) in [6.07, 6.45) is 1.33. The monoisotopic (exact) mass is 350 g/mol. The smallest absolute Gasteiger partial charge is 0.294 e. The van der Waals surface area contributed by atoms with Crippen LogP contribution in [-0.2, 0) is 0 Å². The molecule has 0 fully saturated rings. The SMILES string of the molecule is Cc1ccc(C)c(C(=O)NNC(=O)c2nn(-c3ccccc3)cc2O)c1. The van der Waals surface area contributed by atoms with E-state index in [4.69, 9.17) is 0 Å². The number of aromatic hydroxyl groups is 1. The Hall–Kier alpha value is -3.61. The van der Waals surface area contributed by atoms with Gasteiger partial charge in [-0.25, -0.2) is 4.68 Å². The van der Waals surface area contributed by atoms with E-state index >= 15 is 0 Å². The lowest BCUT2D eigenvalue weighted by Crippen LogP contribution is -2.42. The van der Waals surface area contributed by atoms with Gasteiger partial charge in [0.1, 0.15) is 0 Å². The molecule has 0 saturated carbocycles. The molecule has 0 bridgehead atoms. The van der Waals surface area contributed by atoms with E-state index in [9.17, 15) is 14.7 Å². The molecule has 0 aliphatic carbocycles. The molecule has 3 N–H and O–H groups in total. The molecule has 7 heteroatoms. The van der Waals surface area contributed by atoms with Gasteiger partial charge in [0.05, 0.1) is 11.9 Å². The Bertz CT molecular complexity index is 964. The molecule has 0 aliphatic heterocycles. The van der Waals surface area contributed by atoms with Crippen LogP contribution in [0.5, 0.6) is 5.75 Å². The highest BCUT2D eigenvalue weighted by Crippen LogP contribution is 2.17. The van der Waals surface area contributed by atoms with Gasteiger partial charge < -0.3 is 5.11 Å². The van der Waals surface area contributed by atoms with Gasteiger partial charge in [-0.15, -0.1) is 0 Å². The second-order valence-electron chi connectivity index (χ2n) is 5.87. The van der Waals surface area contributed by atoms with Crippen molar-refractivity contribution in [3.8, 4) is 11.4 Å². The van der Waals surface area contributed by atoms with Crippen LogP contribution in [0.2, 0.25) is 0 Å². The Labute approximate surface area is 150 Å². The van der Waals surface area contributed by atoms with Gasteiger partial charge in [-0.3, -0.25) is 20.4 Å². The molecular formula is C19H18N4O3. The van der Waals surface area contributed by atoms with E-state index in [1.807, 2.05) is 44.2 Å². The second kappa shape index (κ2) is 7.10. The predicted molar refractivity (Wildman–Crippen MR) is 96.1 cm³/mol. The van der Waals surface area contributed by atoms with Crippen LogP contribution in [-0.4, -0.2) is 26.7 Å². The number of hydrogen-bond acceptors (Lipinski definition) is 4. The zero-order valence-corrected chi connectivity index (χ0v) is 14.4. The van der Waals surface area contributed by atoms with Crippen molar-refractivity contribution in [3.05, 3.63) is 77.1 Å². The van der Waals surface area contributed by atoms with Crippen molar-refractivity contribution in [2.75, 3.05) is 0 Å². The van der Waals surface area contributed by atoms with Gasteiger partial charge in [0.25, 0.3) is 11.8 Å². The maximum absolute atomic E-state index is 12.3. The Morgan fingerprint density at radius 1 is 1.00 bits per heavy atom. The lowest BCUT2D eigenvalue weighted by Gasteiger charge is -2.09. The van der Waals surface area contributed by atoms with Crippen LogP contribution < -0.4 is 10.9 Å². The van der Waals surface area contributed by atoms with E-state index in [0.717, 1.165) is 11.1 Å². The molecule has 1 aromatic heterocycles. The van der Waals surface area contributed by atoms with Gasteiger partial charge in [0.15, 0.2) is 11.4 Å². The van der Waals surface area contributed by atoms with Gasteiger partial charge in [-0.05, 0) is 37.6 Å². The van der Waals surface area contributed by atoms with Crippen molar-refractivity contribution < 1.29 is 14.7 Å². The number of hydrazine groups is 1. The maximum atomic E-state index is 12.3. The number of benzene rings is 2. The molecule has 1 heterocycles. The number of carbonyl (C=O) groups excluding carboxylic acids is 2. The number of aryl methyl sites for hydroxylation is 2. The highest BCUT2D eigenvalue weighted by molar-refractivity contribution is 6.00. The van der Waals surface area contributed by atoms with E-state index < -0.39 is 11.8 Å². The van der Waals surface area contributed by atoms with Gasteiger partial charge in [-0.1, -0.05) is 35.9 Å². The fraction of sp³-hybridized carbons (Fsp3) is 0.105. The number of rotatable bonds is 3. The molecule has 0 unspecified atom stereocenters. The van der Waals surface area contributed by atoms with Crippen molar-refractivity contribution in [2.45, 2.75) is 13.8 Å². The molecule has 3 aromatic rings. The largest absolute Gasteiger partial charge is 0.504 e. The van der Waals surface area contributed by atoms with E-state index in [2.05, 4.69) is 16.0 Å². The quantitative estimate of drug-likeness (QED) is 0.631. The number of aromatic nitrogens is 2. The summed E-state index contributed by atoms with van der Waals surface area (Å²) in [5.41, 5.74) is 7.32. The zero-order valence-electron chi connectivity index (χ0n) is 14.4. The summed E-state index contributed by atoms with van der Waals surface area (Å²) in [4.78, 5) is 24.5. The third-order valence-electron chi connectivity index (χ3n) is 3.86. The standard InChI is InChI=1S/C19H18N4O3/c1-12-8-9-13(2)15(10-12)18(25)20-21-19(26)17-16(24)11-23(22-17)14-6-4-3-5-7-14/h3-11,24H,1-2H3,(H,20,25)(H,21,26). The first-order valence-electron chi connectivity index (χ1n) is 7.97. The molecule has 0 aliphatic rings. The molecule has 132 valence electrons. The van der Waals surface area contributed by atoms with Gasteiger partial charge >= 0.3 is 0 Å². The number of amides is 2. The summed E-state index contributed by atoms with van der Waals surface area (Å²) in [5.74, 6) is -1.44. The lowest BCUT2D eigenvalue weighted by molar-refractivity contribution is 0.0841. The first-order chi connectivity index (χ1) is 12.5. The van der Waals surface area contributed by atoms with Crippen LogP contribution in [0.25, 0.3) is 5.69 Å². The van der Waals surface area contributed by atoms with E-state index in [1.54, 1.807) is 18.2 Å². The second-order valence-corrected chi connectivity index (χ2v) is 5.87. The van der Waals surface area contributed by atoms with Crippen molar-refractivity contribution in [2.24, 2.45) is 0 Å². The highest BCUT2D eigenvalue weighted by atomic mass is 16.3. The molecule has 0 saturated heterocycles. The van der Waals surface area contributed by atoms with Crippen LogP contribution in [0, 0.1) is 13.8 Å². The van der Waals surface area contributed by atoms with Crippen LogP contribution in [0.1, 0.15) is 32.0 Å². The summed E-state index contributed by atoms with van der Waals surface area (Å²) >= 11 is 0. The fourth-order valence-corrected chi connectivity index (χ4v) is 2.46. The lowest BCUT2D eigenvalue weighted by atomic mass is 10.1. The number of carbonyl (C=O) groups is 2. The fourth-order valence-electron chi connectivity index (χ4n) is 2.46. The van der Waals surface area contributed by atoms with E-state index in [1.165, 1.54) is 10.9 Å².